The molecule has 2 atom stereocenters. The quantitative estimate of drug-likeness (QED) is 0.661. The summed E-state index contributed by atoms with van der Waals surface area (Å²) in [5.41, 5.74) is 0.181. The van der Waals surface area contributed by atoms with E-state index in [0.29, 0.717) is 17.9 Å². The Kier molecular flexibility index (Phi) is 8.41. The van der Waals surface area contributed by atoms with Crippen molar-refractivity contribution in [2.24, 2.45) is 5.92 Å². The van der Waals surface area contributed by atoms with Crippen LogP contribution in [0, 0.1) is 5.92 Å². The van der Waals surface area contributed by atoms with Gasteiger partial charge < -0.3 is 24.3 Å². The molecule has 26 heavy (non-hydrogen) atoms. The number of amides is 1. The number of methoxy groups -OCH3 is 3. The summed E-state index contributed by atoms with van der Waals surface area (Å²) in [6.45, 7) is 3.18. The van der Waals surface area contributed by atoms with Gasteiger partial charge in [0.15, 0.2) is 6.61 Å². The minimum atomic E-state index is -0.798. The van der Waals surface area contributed by atoms with E-state index >= 15 is 0 Å². The van der Waals surface area contributed by atoms with Crippen LogP contribution < -0.4 is 14.8 Å². The summed E-state index contributed by atoms with van der Waals surface area (Å²) >= 11 is 0. The first kappa shape index (κ1) is 21.3. The number of rotatable bonds is 9. The summed E-state index contributed by atoms with van der Waals surface area (Å²) in [7, 11) is 4.17. The monoisotopic (exact) mass is 367 g/mol. The molecule has 1 aromatic carbocycles. The van der Waals surface area contributed by atoms with Crippen molar-refractivity contribution in [1.82, 2.24) is 5.32 Å². The van der Waals surface area contributed by atoms with E-state index in [4.69, 9.17) is 18.9 Å². The molecule has 0 radical (unpaired) electrons. The fourth-order valence-corrected chi connectivity index (χ4v) is 2.15. The van der Waals surface area contributed by atoms with Crippen molar-refractivity contribution < 1.29 is 33.3 Å². The molecule has 1 amide bonds. The van der Waals surface area contributed by atoms with Crippen molar-refractivity contribution >= 4 is 17.8 Å². The van der Waals surface area contributed by atoms with Gasteiger partial charge in [-0.3, -0.25) is 4.79 Å². The van der Waals surface area contributed by atoms with E-state index in [-0.39, 0.29) is 11.5 Å². The second kappa shape index (κ2) is 10.3. The Balaban J connectivity index is 2.71. The van der Waals surface area contributed by atoms with Crippen molar-refractivity contribution in [3.63, 3.8) is 0 Å². The fourth-order valence-electron chi connectivity index (χ4n) is 2.15. The molecular weight excluding hydrogens is 342 g/mol. The van der Waals surface area contributed by atoms with Gasteiger partial charge in [-0.25, -0.2) is 9.59 Å². The van der Waals surface area contributed by atoms with Crippen LogP contribution >= 0.6 is 0 Å². The predicted octanol–water partition coefficient (Wildman–Crippen LogP) is 1.56. The minimum Gasteiger partial charge on any atom is -0.497 e. The van der Waals surface area contributed by atoms with Crippen LogP contribution in [0.1, 0.15) is 30.6 Å². The molecule has 0 aromatic heterocycles. The van der Waals surface area contributed by atoms with Crippen LogP contribution in [0.15, 0.2) is 18.2 Å². The molecule has 1 N–H and O–H groups in total. The number of nitrogens with one attached hydrogen (secondary N) is 1. The van der Waals surface area contributed by atoms with E-state index in [1.165, 1.54) is 33.5 Å². The molecule has 1 rings (SSSR count). The summed E-state index contributed by atoms with van der Waals surface area (Å²) in [5, 5.41) is 2.53. The Morgan fingerprint density at radius 1 is 1.04 bits per heavy atom. The summed E-state index contributed by atoms with van der Waals surface area (Å²) in [5.74, 6) is -1.13. The number of carbonyl (C=O) groups is 3. The maximum absolute atomic E-state index is 12.1. The Labute approximate surface area is 152 Å². The summed E-state index contributed by atoms with van der Waals surface area (Å²) in [4.78, 5) is 36.0. The van der Waals surface area contributed by atoms with Crippen molar-refractivity contribution in [3.05, 3.63) is 23.8 Å². The lowest BCUT2D eigenvalue weighted by Gasteiger charge is -2.21. The van der Waals surface area contributed by atoms with Crippen LogP contribution in [-0.2, 0) is 19.1 Å². The third-order valence-electron chi connectivity index (χ3n) is 3.91. The van der Waals surface area contributed by atoms with Gasteiger partial charge >= 0.3 is 11.9 Å². The van der Waals surface area contributed by atoms with Gasteiger partial charge in [-0.1, -0.05) is 20.3 Å². The number of carbonyl (C=O) groups excluding carboxylic acids is 3. The molecule has 1 aromatic rings. The van der Waals surface area contributed by atoms with Crippen LogP contribution in [-0.4, -0.2) is 51.8 Å². The molecule has 0 aliphatic rings. The largest absolute Gasteiger partial charge is 0.497 e. The Morgan fingerprint density at radius 2 is 1.62 bits per heavy atom. The van der Waals surface area contributed by atoms with E-state index in [9.17, 15) is 14.4 Å². The lowest BCUT2D eigenvalue weighted by Crippen LogP contribution is -2.47. The highest BCUT2D eigenvalue weighted by atomic mass is 16.5. The molecule has 0 heterocycles. The summed E-state index contributed by atoms with van der Waals surface area (Å²) < 4.78 is 19.9. The number of ether oxygens (including phenoxy) is 4. The molecule has 2 unspecified atom stereocenters. The van der Waals surface area contributed by atoms with Crippen LogP contribution in [0.4, 0.5) is 0 Å². The number of esters is 2. The molecule has 0 spiro atoms. The first-order valence-corrected chi connectivity index (χ1v) is 8.13. The van der Waals surface area contributed by atoms with Gasteiger partial charge in [0.2, 0.25) is 0 Å². The minimum absolute atomic E-state index is 0.121. The molecule has 0 fully saturated rings. The van der Waals surface area contributed by atoms with Gasteiger partial charge in [-0.05, 0) is 18.1 Å². The highest BCUT2D eigenvalue weighted by Gasteiger charge is 2.27. The van der Waals surface area contributed by atoms with E-state index in [2.05, 4.69) is 5.32 Å². The van der Waals surface area contributed by atoms with Crippen LogP contribution in [0.25, 0.3) is 0 Å². The molecule has 0 bridgehead atoms. The van der Waals surface area contributed by atoms with Crippen LogP contribution in [0.3, 0.4) is 0 Å². The predicted molar refractivity (Wildman–Crippen MR) is 93.2 cm³/mol. The average molecular weight is 367 g/mol. The SMILES string of the molecule is CCC(C)C(NC(=O)COC(=O)c1cc(OC)cc(OC)c1)C(=O)OC. The average Bonchev–Trinajstić information content (AvgIpc) is 2.68. The third kappa shape index (κ3) is 5.94. The highest BCUT2D eigenvalue weighted by Crippen LogP contribution is 2.23. The smallest absolute Gasteiger partial charge is 0.338 e. The van der Waals surface area contributed by atoms with Gasteiger partial charge in [-0.2, -0.15) is 0 Å². The Hall–Kier alpha value is -2.77. The van der Waals surface area contributed by atoms with Crippen LogP contribution in [0.2, 0.25) is 0 Å². The second-order valence-electron chi connectivity index (χ2n) is 5.63. The zero-order valence-corrected chi connectivity index (χ0v) is 15.7. The molecule has 0 aliphatic heterocycles. The topological polar surface area (TPSA) is 100 Å². The molecule has 8 heteroatoms. The molecule has 8 nitrogen and oxygen atoms in total. The molecule has 0 saturated heterocycles. The summed E-state index contributed by atoms with van der Waals surface area (Å²) in [6.07, 6.45) is 0.670. The zero-order valence-electron chi connectivity index (χ0n) is 15.7. The standard InChI is InChI=1S/C18H25NO7/c1-6-11(2)16(18(22)25-5)19-15(20)10-26-17(21)12-7-13(23-3)9-14(8-12)24-4/h7-9,11,16H,6,10H2,1-5H3,(H,19,20). The zero-order chi connectivity index (χ0) is 19.7. The third-order valence-corrected chi connectivity index (χ3v) is 3.91. The van der Waals surface area contributed by atoms with Gasteiger partial charge in [-0.15, -0.1) is 0 Å². The van der Waals surface area contributed by atoms with E-state index < -0.39 is 30.5 Å². The highest BCUT2D eigenvalue weighted by molar-refractivity contribution is 5.92. The Bertz CT molecular complexity index is 622. The number of benzene rings is 1. The first-order chi connectivity index (χ1) is 12.4. The first-order valence-electron chi connectivity index (χ1n) is 8.13. The van der Waals surface area contributed by atoms with E-state index in [1.54, 1.807) is 6.07 Å². The van der Waals surface area contributed by atoms with Gasteiger partial charge in [0, 0.05) is 6.07 Å². The molecular formula is C18H25NO7. The van der Waals surface area contributed by atoms with Gasteiger partial charge in [0.05, 0.1) is 26.9 Å². The number of hydrogen-bond acceptors (Lipinski definition) is 7. The lowest BCUT2D eigenvalue weighted by atomic mass is 9.99. The number of hydrogen-bond donors (Lipinski definition) is 1. The van der Waals surface area contributed by atoms with Crippen molar-refractivity contribution in [2.45, 2.75) is 26.3 Å². The van der Waals surface area contributed by atoms with Gasteiger partial charge in [0.25, 0.3) is 5.91 Å². The van der Waals surface area contributed by atoms with Crippen LogP contribution in [0.5, 0.6) is 11.5 Å². The van der Waals surface area contributed by atoms with Gasteiger partial charge in [0.1, 0.15) is 17.5 Å². The molecule has 0 aliphatic carbocycles. The van der Waals surface area contributed by atoms with Crippen molar-refractivity contribution in [3.8, 4) is 11.5 Å². The van der Waals surface area contributed by atoms with Crippen molar-refractivity contribution in [1.29, 1.82) is 0 Å². The van der Waals surface area contributed by atoms with E-state index in [0.717, 1.165) is 0 Å². The van der Waals surface area contributed by atoms with Crippen molar-refractivity contribution in [2.75, 3.05) is 27.9 Å². The molecule has 0 saturated carbocycles. The normalized spacial score (nSPS) is 12.5. The summed E-state index contributed by atoms with van der Waals surface area (Å²) in [6, 6.07) is 3.75. The second-order valence-corrected chi connectivity index (χ2v) is 5.63. The van der Waals surface area contributed by atoms with E-state index in [1.807, 2.05) is 13.8 Å². The fraction of sp³-hybridized carbons (Fsp3) is 0.500. The maximum atomic E-state index is 12.1. The maximum Gasteiger partial charge on any atom is 0.338 e. The molecule has 144 valence electrons. The Morgan fingerprint density at radius 3 is 2.08 bits per heavy atom. The lowest BCUT2D eigenvalue weighted by molar-refractivity contribution is -0.147.